The molecule has 3 heterocycles. The Morgan fingerprint density at radius 3 is 2.52 bits per heavy atom. The maximum absolute atomic E-state index is 6.37. The first-order valence-electron chi connectivity index (χ1n) is 12.1. The summed E-state index contributed by atoms with van der Waals surface area (Å²) in [5.41, 5.74) is 6.65. The Morgan fingerprint density at radius 2 is 1.70 bits per heavy atom. The highest BCUT2D eigenvalue weighted by Crippen LogP contribution is 2.47. The van der Waals surface area contributed by atoms with Gasteiger partial charge in [-0.05, 0) is 55.1 Å². The molecule has 0 unspecified atom stereocenters. The van der Waals surface area contributed by atoms with Crippen LogP contribution < -0.4 is 10.2 Å². The first-order valence-corrected chi connectivity index (χ1v) is 12.5. The van der Waals surface area contributed by atoms with Crippen LogP contribution in [0.3, 0.4) is 0 Å². The van der Waals surface area contributed by atoms with E-state index in [0.717, 1.165) is 68.9 Å². The van der Waals surface area contributed by atoms with E-state index in [1.54, 1.807) is 0 Å². The van der Waals surface area contributed by atoms with E-state index in [4.69, 9.17) is 21.6 Å². The number of benzene rings is 2. The number of nitrogens with one attached hydrogen (secondary N) is 1. The molecule has 0 radical (unpaired) electrons. The highest BCUT2D eigenvalue weighted by Gasteiger charge is 2.40. The zero-order valence-corrected chi connectivity index (χ0v) is 19.7. The molecule has 3 aliphatic rings. The predicted molar refractivity (Wildman–Crippen MR) is 134 cm³/mol. The molecule has 1 spiro atoms. The molecule has 1 aliphatic carbocycles. The molecule has 0 bridgehead atoms. The molecule has 0 atom stereocenters. The number of rotatable bonds is 3. The summed E-state index contributed by atoms with van der Waals surface area (Å²) >= 11 is 6.37. The van der Waals surface area contributed by atoms with Crippen molar-refractivity contribution >= 4 is 17.5 Å². The molecule has 33 heavy (non-hydrogen) atoms. The molecule has 3 aromatic rings. The molecule has 0 amide bonds. The summed E-state index contributed by atoms with van der Waals surface area (Å²) in [5, 5.41) is 4.39. The molecule has 5 nitrogen and oxygen atoms in total. The second-order valence-electron chi connectivity index (χ2n) is 9.65. The fraction of sp³-hybridized carbons (Fsp3) is 0.407. The maximum atomic E-state index is 6.37. The number of hydrogen-bond acceptors (Lipinski definition) is 5. The molecule has 2 fully saturated rings. The summed E-state index contributed by atoms with van der Waals surface area (Å²) in [7, 11) is 0. The Balaban J connectivity index is 1.22. The second kappa shape index (κ2) is 8.71. The first-order chi connectivity index (χ1) is 16.2. The van der Waals surface area contributed by atoms with Gasteiger partial charge in [-0.2, -0.15) is 0 Å². The molecule has 6 rings (SSSR count). The zero-order chi connectivity index (χ0) is 22.3. The Kier molecular flexibility index (Phi) is 5.57. The minimum absolute atomic E-state index is 0.226. The summed E-state index contributed by atoms with van der Waals surface area (Å²) in [6, 6.07) is 17.1. The molecule has 1 aromatic heterocycles. The number of halogens is 1. The summed E-state index contributed by atoms with van der Waals surface area (Å²) < 4.78 is 0. The lowest BCUT2D eigenvalue weighted by molar-refractivity contribution is 0.248. The van der Waals surface area contributed by atoms with Gasteiger partial charge in [0.2, 0.25) is 5.95 Å². The van der Waals surface area contributed by atoms with Crippen LogP contribution in [-0.4, -0.2) is 54.1 Å². The third kappa shape index (κ3) is 3.92. The van der Waals surface area contributed by atoms with Crippen LogP contribution in [-0.2, 0) is 18.4 Å². The summed E-state index contributed by atoms with van der Waals surface area (Å²) in [5.74, 6) is 0.863. The minimum Gasteiger partial charge on any atom is -0.338 e. The number of piperazine rings is 1. The number of aromatic nitrogens is 2. The Morgan fingerprint density at radius 1 is 0.939 bits per heavy atom. The molecular weight excluding hydrogens is 430 g/mol. The maximum Gasteiger partial charge on any atom is 0.225 e. The van der Waals surface area contributed by atoms with Gasteiger partial charge in [0.15, 0.2) is 0 Å². The fourth-order valence-corrected chi connectivity index (χ4v) is 6.04. The van der Waals surface area contributed by atoms with E-state index in [1.165, 1.54) is 35.1 Å². The summed E-state index contributed by atoms with van der Waals surface area (Å²) in [6.45, 7) is 6.89. The average molecular weight is 460 g/mol. The lowest BCUT2D eigenvalue weighted by Crippen LogP contribution is -2.47. The van der Waals surface area contributed by atoms with Gasteiger partial charge in [0.25, 0.3) is 0 Å². The van der Waals surface area contributed by atoms with Crippen molar-refractivity contribution in [2.75, 3.05) is 44.2 Å². The zero-order valence-electron chi connectivity index (χ0n) is 18.9. The first kappa shape index (κ1) is 21.1. The van der Waals surface area contributed by atoms with Gasteiger partial charge in [0.1, 0.15) is 0 Å². The lowest BCUT2D eigenvalue weighted by atomic mass is 9.64. The fourth-order valence-electron chi connectivity index (χ4n) is 5.85. The quantitative estimate of drug-likeness (QED) is 0.632. The Hall–Kier alpha value is -2.47. The second-order valence-corrected chi connectivity index (χ2v) is 10.1. The van der Waals surface area contributed by atoms with Crippen LogP contribution in [0.25, 0.3) is 11.3 Å². The van der Waals surface area contributed by atoms with Gasteiger partial charge in [0.05, 0.1) is 5.69 Å². The summed E-state index contributed by atoms with van der Waals surface area (Å²) in [4.78, 5) is 14.8. The standard InChI is InChI=1S/C27H30ClN5/c28-24-8-4-1-5-20(24)19-32-13-15-33(16-14-32)26-30-18-21-17-27(9-11-29-12-10-27)23-7-3-2-6-22(23)25(21)31-26/h1-8,18,29H,9-17,19H2. The van der Waals surface area contributed by atoms with E-state index in [0.29, 0.717) is 0 Å². The van der Waals surface area contributed by atoms with Crippen molar-refractivity contribution < 1.29 is 0 Å². The van der Waals surface area contributed by atoms with Crippen LogP contribution in [0, 0.1) is 0 Å². The lowest BCUT2D eigenvalue weighted by Gasteiger charge is -2.43. The molecule has 2 saturated heterocycles. The average Bonchev–Trinajstić information content (AvgIpc) is 2.87. The van der Waals surface area contributed by atoms with E-state index in [-0.39, 0.29) is 5.41 Å². The van der Waals surface area contributed by atoms with Crippen molar-refractivity contribution in [2.24, 2.45) is 0 Å². The van der Waals surface area contributed by atoms with Crippen LogP contribution in [0.1, 0.15) is 29.5 Å². The van der Waals surface area contributed by atoms with Crippen molar-refractivity contribution in [3.8, 4) is 11.3 Å². The van der Waals surface area contributed by atoms with Gasteiger partial charge in [-0.15, -0.1) is 0 Å². The van der Waals surface area contributed by atoms with Gasteiger partial charge >= 0.3 is 0 Å². The van der Waals surface area contributed by atoms with Crippen LogP contribution in [0.2, 0.25) is 5.02 Å². The highest BCUT2D eigenvalue weighted by atomic mass is 35.5. The van der Waals surface area contributed by atoms with Crippen molar-refractivity contribution in [1.82, 2.24) is 20.2 Å². The number of hydrogen-bond donors (Lipinski definition) is 1. The number of nitrogens with zero attached hydrogens (tertiary/aromatic N) is 4. The van der Waals surface area contributed by atoms with Gasteiger partial charge in [-0.25, -0.2) is 9.97 Å². The van der Waals surface area contributed by atoms with Crippen molar-refractivity contribution in [2.45, 2.75) is 31.2 Å². The van der Waals surface area contributed by atoms with Gasteiger partial charge in [-0.1, -0.05) is 54.1 Å². The predicted octanol–water partition coefficient (Wildman–Crippen LogP) is 4.30. The molecule has 2 aliphatic heterocycles. The molecular formula is C27H30ClN5. The highest BCUT2D eigenvalue weighted by molar-refractivity contribution is 6.31. The van der Waals surface area contributed by atoms with Gasteiger partial charge < -0.3 is 10.2 Å². The van der Waals surface area contributed by atoms with Crippen LogP contribution in [0.4, 0.5) is 5.95 Å². The molecule has 2 aromatic carbocycles. The number of anilines is 1. The normalized spacial score (nSPS) is 19.8. The van der Waals surface area contributed by atoms with Crippen molar-refractivity contribution in [3.05, 3.63) is 76.4 Å². The monoisotopic (exact) mass is 459 g/mol. The minimum atomic E-state index is 0.226. The molecule has 0 saturated carbocycles. The van der Waals surface area contributed by atoms with Crippen LogP contribution in [0.15, 0.2) is 54.7 Å². The van der Waals surface area contributed by atoms with E-state index < -0.39 is 0 Å². The van der Waals surface area contributed by atoms with E-state index in [1.807, 2.05) is 12.1 Å². The van der Waals surface area contributed by atoms with E-state index in [2.05, 4.69) is 57.7 Å². The summed E-state index contributed by atoms with van der Waals surface area (Å²) in [6.07, 6.45) is 5.51. The number of fused-ring (bicyclic) bond motifs is 4. The van der Waals surface area contributed by atoms with Crippen molar-refractivity contribution in [1.29, 1.82) is 0 Å². The molecule has 1 N–H and O–H groups in total. The van der Waals surface area contributed by atoms with Gasteiger partial charge in [0, 0.05) is 54.9 Å². The van der Waals surface area contributed by atoms with Crippen LogP contribution >= 0.6 is 11.6 Å². The van der Waals surface area contributed by atoms with E-state index >= 15 is 0 Å². The smallest absolute Gasteiger partial charge is 0.225 e. The number of piperidine rings is 1. The largest absolute Gasteiger partial charge is 0.338 e. The third-order valence-corrected chi connectivity index (χ3v) is 8.07. The Bertz CT molecular complexity index is 1150. The topological polar surface area (TPSA) is 44.3 Å². The molecule has 6 heteroatoms. The van der Waals surface area contributed by atoms with Crippen LogP contribution in [0.5, 0.6) is 0 Å². The SMILES string of the molecule is Clc1ccccc1CN1CCN(c2ncc3c(n2)-c2ccccc2C2(CCNCC2)C3)CC1. The van der Waals surface area contributed by atoms with Gasteiger partial charge in [-0.3, -0.25) is 4.90 Å². The molecule has 170 valence electrons. The van der Waals surface area contributed by atoms with E-state index in [9.17, 15) is 0 Å². The Labute approximate surface area is 200 Å². The third-order valence-electron chi connectivity index (χ3n) is 7.70. The van der Waals surface area contributed by atoms with Crippen molar-refractivity contribution in [3.63, 3.8) is 0 Å².